The largest absolute Gasteiger partial charge is 0.481 e. The molecule has 0 fully saturated rings. The van der Waals surface area contributed by atoms with Crippen LogP contribution in [-0.2, 0) is 16.1 Å². The third kappa shape index (κ3) is 4.21. The second kappa shape index (κ2) is 6.80. The standard InChI is InChI=1S/C12H17NO5/c1-8-10(12(16)17-2)6-9(18-8)7-13-5-3-4-11(14)15/h6,13H,3-5,7H2,1-2H3,(H,14,15). The first-order valence-corrected chi connectivity index (χ1v) is 5.64. The van der Waals surface area contributed by atoms with Gasteiger partial charge in [0, 0.05) is 6.42 Å². The molecule has 0 atom stereocenters. The highest BCUT2D eigenvalue weighted by Crippen LogP contribution is 2.15. The van der Waals surface area contributed by atoms with E-state index in [1.165, 1.54) is 7.11 Å². The Hall–Kier alpha value is -1.82. The van der Waals surface area contributed by atoms with E-state index < -0.39 is 11.9 Å². The van der Waals surface area contributed by atoms with E-state index in [0.29, 0.717) is 36.6 Å². The molecule has 1 aromatic rings. The van der Waals surface area contributed by atoms with E-state index in [4.69, 9.17) is 9.52 Å². The molecule has 2 N–H and O–H groups in total. The predicted octanol–water partition coefficient (Wildman–Crippen LogP) is 1.33. The van der Waals surface area contributed by atoms with Crippen molar-refractivity contribution in [2.24, 2.45) is 0 Å². The minimum absolute atomic E-state index is 0.137. The van der Waals surface area contributed by atoms with Crippen molar-refractivity contribution in [3.63, 3.8) is 0 Å². The van der Waals surface area contributed by atoms with Crippen LogP contribution in [-0.4, -0.2) is 30.7 Å². The molecule has 1 rings (SSSR count). The van der Waals surface area contributed by atoms with Gasteiger partial charge in [-0.05, 0) is 26.0 Å². The lowest BCUT2D eigenvalue weighted by atomic mass is 10.2. The van der Waals surface area contributed by atoms with Crippen LogP contribution in [0.4, 0.5) is 0 Å². The van der Waals surface area contributed by atoms with Crippen molar-refractivity contribution in [3.05, 3.63) is 23.2 Å². The molecule has 0 radical (unpaired) electrons. The fourth-order valence-corrected chi connectivity index (χ4v) is 1.52. The maximum absolute atomic E-state index is 11.3. The van der Waals surface area contributed by atoms with Crippen molar-refractivity contribution in [2.45, 2.75) is 26.3 Å². The number of carbonyl (C=O) groups excluding carboxylic acids is 1. The second-order valence-electron chi connectivity index (χ2n) is 3.85. The molecule has 0 unspecified atom stereocenters. The van der Waals surface area contributed by atoms with E-state index in [2.05, 4.69) is 10.1 Å². The number of aryl methyl sites for hydroxylation is 1. The lowest BCUT2D eigenvalue weighted by molar-refractivity contribution is -0.137. The first-order valence-electron chi connectivity index (χ1n) is 5.64. The van der Waals surface area contributed by atoms with Crippen molar-refractivity contribution in [2.75, 3.05) is 13.7 Å². The van der Waals surface area contributed by atoms with Crippen molar-refractivity contribution in [1.29, 1.82) is 0 Å². The summed E-state index contributed by atoms with van der Waals surface area (Å²) in [6, 6.07) is 1.63. The summed E-state index contributed by atoms with van der Waals surface area (Å²) in [5, 5.41) is 11.5. The fourth-order valence-electron chi connectivity index (χ4n) is 1.52. The molecule has 6 heteroatoms. The van der Waals surface area contributed by atoms with Crippen LogP contribution in [0, 0.1) is 6.92 Å². The van der Waals surface area contributed by atoms with Gasteiger partial charge in [0.15, 0.2) is 0 Å². The van der Waals surface area contributed by atoms with E-state index in [0.717, 1.165) is 0 Å². The normalized spacial score (nSPS) is 10.3. The number of carboxylic acid groups (broad SMARTS) is 1. The molecule has 0 aliphatic heterocycles. The summed E-state index contributed by atoms with van der Waals surface area (Å²) in [6.45, 7) is 2.73. The van der Waals surface area contributed by atoms with Gasteiger partial charge in [-0.1, -0.05) is 0 Å². The lowest BCUT2D eigenvalue weighted by Crippen LogP contribution is -2.15. The highest BCUT2D eigenvalue weighted by atomic mass is 16.5. The number of aliphatic carboxylic acids is 1. The lowest BCUT2D eigenvalue weighted by Gasteiger charge is -2.00. The van der Waals surface area contributed by atoms with Gasteiger partial charge in [-0.15, -0.1) is 0 Å². The minimum atomic E-state index is -0.807. The smallest absolute Gasteiger partial charge is 0.341 e. The third-order valence-corrected chi connectivity index (χ3v) is 2.42. The number of hydrogen-bond donors (Lipinski definition) is 2. The molecule has 0 aliphatic rings. The third-order valence-electron chi connectivity index (χ3n) is 2.42. The van der Waals surface area contributed by atoms with Crippen LogP contribution >= 0.6 is 0 Å². The Labute approximate surface area is 105 Å². The number of nitrogens with one attached hydrogen (secondary N) is 1. The average molecular weight is 255 g/mol. The van der Waals surface area contributed by atoms with Crippen molar-refractivity contribution >= 4 is 11.9 Å². The number of rotatable bonds is 7. The van der Waals surface area contributed by atoms with Crippen LogP contribution in [0.2, 0.25) is 0 Å². The Bertz CT molecular complexity index is 424. The zero-order chi connectivity index (χ0) is 13.5. The summed E-state index contributed by atoms with van der Waals surface area (Å²) < 4.78 is 10.0. The van der Waals surface area contributed by atoms with Gasteiger partial charge < -0.3 is 19.6 Å². The van der Waals surface area contributed by atoms with Gasteiger partial charge in [0.1, 0.15) is 17.1 Å². The highest BCUT2D eigenvalue weighted by Gasteiger charge is 2.14. The number of hydrogen-bond acceptors (Lipinski definition) is 5. The molecular formula is C12H17NO5. The van der Waals surface area contributed by atoms with Crippen molar-refractivity contribution < 1.29 is 23.8 Å². The first kappa shape index (κ1) is 14.2. The number of carbonyl (C=O) groups is 2. The van der Waals surface area contributed by atoms with E-state index in [9.17, 15) is 9.59 Å². The van der Waals surface area contributed by atoms with E-state index >= 15 is 0 Å². The molecule has 0 amide bonds. The molecular weight excluding hydrogens is 238 g/mol. The molecule has 18 heavy (non-hydrogen) atoms. The van der Waals surface area contributed by atoms with Crippen LogP contribution in [0.5, 0.6) is 0 Å². The summed E-state index contributed by atoms with van der Waals surface area (Å²) in [5.41, 5.74) is 0.417. The number of methoxy groups -OCH3 is 1. The molecule has 0 spiro atoms. The van der Waals surface area contributed by atoms with Crippen LogP contribution in [0.1, 0.15) is 34.7 Å². The zero-order valence-corrected chi connectivity index (χ0v) is 10.5. The Morgan fingerprint density at radius 3 is 2.83 bits per heavy atom. The Kier molecular flexibility index (Phi) is 5.38. The molecule has 6 nitrogen and oxygen atoms in total. The quantitative estimate of drug-likeness (QED) is 0.564. The molecule has 1 heterocycles. The average Bonchev–Trinajstić information content (AvgIpc) is 2.69. The summed E-state index contributed by atoms with van der Waals surface area (Å²) in [5.74, 6) is -0.0839. The molecule has 0 saturated heterocycles. The number of carboxylic acids is 1. The second-order valence-corrected chi connectivity index (χ2v) is 3.85. The predicted molar refractivity (Wildman–Crippen MR) is 63.4 cm³/mol. The number of ether oxygens (including phenoxy) is 1. The topological polar surface area (TPSA) is 88.8 Å². The Balaban J connectivity index is 2.39. The van der Waals surface area contributed by atoms with Gasteiger partial charge in [0.25, 0.3) is 0 Å². The molecule has 0 bridgehead atoms. The van der Waals surface area contributed by atoms with E-state index in [1.54, 1.807) is 13.0 Å². The summed E-state index contributed by atoms with van der Waals surface area (Å²) in [4.78, 5) is 21.6. The highest BCUT2D eigenvalue weighted by molar-refractivity contribution is 5.90. The molecule has 0 saturated carbocycles. The maximum Gasteiger partial charge on any atom is 0.341 e. The summed E-state index contributed by atoms with van der Waals surface area (Å²) in [6.07, 6.45) is 0.691. The minimum Gasteiger partial charge on any atom is -0.481 e. The Morgan fingerprint density at radius 2 is 2.22 bits per heavy atom. The van der Waals surface area contributed by atoms with Crippen LogP contribution < -0.4 is 5.32 Å². The first-order chi connectivity index (χ1) is 8.54. The molecule has 1 aromatic heterocycles. The van der Waals surface area contributed by atoms with Crippen molar-refractivity contribution in [3.8, 4) is 0 Å². The number of furan rings is 1. The van der Waals surface area contributed by atoms with Gasteiger partial charge in [0.05, 0.1) is 13.7 Å². The Morgan fingerprint density at radius 1 is 1.50 bits per heavy atom. The molecule has 0 aliphatic carbocycles. The fraction of sp³-hybridized carbons (Fsp3) is 0.500. The van der Waals surface area contributed by atoms with E-state index in [-0.39, 0.29) is 6.42 Å². The SMILES string of the molecule is COC(=O)c1cc(CNCCCC(=O)O)oc1C. The van der Waals surface area contributed by atoms with E-state index in [1.807, 2.05) is 0 Å². The molecule has 100 valence electrons. The van der Waals surface area contributed by atoms with Gasteiger partial charge >= 0.3 is 11.9 Å². The van der Waals surface area contributed by atoms with Crippen LogP contribution in [0.3, 0.4) is 0 Å². The molecule has 0 aromatic carbocycles. The number of esters is 1. The summed E-state index contributed by atoms with van der Waals surface area (Å²) in [7, 11) is 1.32. The zero-order valence-electron chi connectivity index (χ0n) is 10.5. The van der Waals surface area contributed by atoms with Crippen LogP contribution in [0.15, 0.2) is 10.5 Å². The van der Waals surface area contributed by atoms with Crippen molar-refractivity contribution in [1.82, 2.24) is 5.32 Å². The van der Waals surface area contributed by atoms with Gasteiger partial charge in [0.2, 0.25) is 0 Å². The monoisotopic (exact) mass is 255 g/mol. The maximum atomic E-state index is 11.3. The van der Waals surface area contributed by atoms with Gasteiger partial charge in [-0.2, -0.15) is 0 Å². The summed E-state index contributed by atoms with van der Waals surface area (Å²) >= 11 is 0. The van der Waals surface area contributed by atoms with Gasteiger partial charge in [-0.3, -0.25) is 4.79 Å². The van der Waals surface area contributed by atoms with Crippen LogP contribution in [0.25, 0.3) is 0 Å². The van der Waals surface area contributed by atoms with Gasteiger partial charge in [-0.25, -0.2) is 4.79 Å².